The molecule has 0 fully saturated rings. The summed E-state index contributed by atoms with van der Waals surface area (Å²) < 4.78 is 27.2. The monoisotopic (exact) mass is 292 g/mol. The van der Waals surface area contributed by atoms with Crippen LogP contribution in [0.1, 0.15) is 40.0 Å². The highest BCUT2D eigenvalue weighted by molar-refractivity contribution is 5.50. The summed E-state index contributed by atoms with van der Waals surface area (Å²) in [7, 11) is 0. The van der Waals surface area contributed by atoms with Gasteiger partial charge < -0.3 is 0 Å². The molecule has 0 N–H and O–H groups in total. The van der Waals surface area contributed by atoms with Gasteiger partial charge in [-0.3, -0.25) is 0 Å². The maximum Gasteiger partial charge on any atom is 0.166 e. The van der Waals surface area contributed by atoms with Gasteiger partial charge in [-0.15, -0.1) is 0 Å². The largest absolute Gasteiger partial charge is 0.203 e. The summed E-state index contributed by atoms with van der Waals surface area (Å²) in [5, 5.41) is 0. The predicted octanol–water partition coefficient (Wildman–Crippen LogP) is 6.76. The smallest absolute Gasteiger partial charge is 0.166 e. The molecule has 0 amide bonds. The van der Waals surface area contributed by atoms with Crippen LogP contribution < -0.4 is 0 Å². The maximum atomic E-state index is 13.8. The third kappa shape index (κ3) is 6.52. The highest BCUT2D eigenvalue weighted by Crippen LogP contribution is 2.26. The van der Waals surface area contributed by atoms with Crippen LogP contribution in [-0.2, 0) is 0 Å². The Morgan fingerprint density at radius 1 is 1.05 bits per heavy atom. The molecule has 0 spiro atoms. The fraction of sp³-hybridized carbons (Fsp3) is 0.368. The Kier molecular flexibility index (Phi) is 8.52. The van der Waals surface area contributed by atoms with Crippen LogP contribution in [0.2, 0.25) is 0 Å². The predicted molar refractivity (Wildman–Crippen MR) is 89.3 cm³/mol. The summed E-state index contributed by atoms with van der Waals surface area (Å²) >= 11 is 0. The van der Waals surface area contributed by atoms with E-state index < -0.39 is 11.7 Å². The second-order valence-electron chi connectivity index (χ2n) is 5.36. The van der Waals surface area contributed by atoms with Crippen LogP contribution in [0.4, 0.5) is 8.78 Å². The Hall–Kier alpha value is -1.70. The van der Waals surface area contributed by atoms with E-state index in [0.29, 0.717) is 11.5 Å². The van der Waals surface area contributed by atoms with Gasteiger partial charge in [-0.1, -0.05) is 70.7 Å². The molecule has 116 valence electrons. The first-order chi connectivity index (χ1) is 9.72. The molecule has 21 heavy (non-hydrogen) atoms. The van der Waals surface area contributed by atoms with E-state index in [4.69, 9.17) is 0 Å². The van der Waals surface area contributed by atoms with Crippen LogP contribution in [0, 0.1) is 5.92 Å². The van der Waals surface area contributed by atoms with E-state index in [2.05, 4.69) is 40.2 Å². The zero-order valence-corrected chi connectivity index (χ0v) is 13.4. The number of halogens is 2. The molecule has 0 saturated heterocycles. The van der Waals surface area contributed by atoms with Gasteiger partial charge in [-0.2, -0.15) is 0 Å². The molecule has 0 heterocycles. The van der Waals surface area contributed by atoms with E-state index in [9.17, 15) is 8.78 Å². The van der Waals surface area contributed by atoms with Crippen LogP contribution in [0.3, 0.4) is 0 Å². The van der Waals surface area contributed by atoms with Crippen molar-refractivity contribution in [3.05, 3.63) is 72.4 Å². The second kappa shape index (κ2) is 9.28. The Balaban J connectivity index is 4.79. The van der Waals surface area contributed by atoms with Crippen molar-refractivity contribution in [3.8, 4) is 0 Å². The van der Waals surface area contributed by atoms with Crippen LogP contribution in [0.5, 0.6) is 0 Å². The average Bonchev–Trinajstić information content (AvgIpc) is 2.46. The van der Waals surface area contributed by atoms with Crippen LogP contribution in [0.25, 0.3) is 0 Å². The summed E-state index contributed by atoms with van der Waals surface area (Å²) in [6.45, 7) is 20.3. The minimum atomic E-state index is -1.01. The van der Waals surface area contributed by atoms with Crippen LogP contribution in [0.15, 0.2) is 72.4 Å². The fourth-order valence-corrected chi connectivity index (χ4v) is 1.63. The molecule has 0 saturated carbocycles. The van der Waals surface area contributed by atoms with Crippen molar-refractivity contribution in [3.63, 3.8) is 0 Å². The quantitative estimate of drug-likeness (QED) is 0.412. The molecule has 1 atom stereocenters. The first kappa shape index (κ1) is 19.3. The fourth-order valence-electron chi connectivity index (χ4n) is 1.63. The van der Waals surface area contributed by atoms with Gasteiger partial charge in [-0.05, 0) is 30.4 Å². The molecular weight excluding hydrogens is 266 g/mol. The molecule has 1 unspecified atom stereocenters. The topological polar surface area (TPSA) is 0 Å². The Bertz CT molecular complexity index is 490. The molecule has 0 radical (unpaired) electrons. The van der Waals surface area contributed by atoms with E-state index in [-0.39, 0.29) is 11.1 Å². The molecule has 0 aromatic carbocycles. The summed E-state index contributed by atoms with van der Waals surface area (Å²) in [4.78, 5) is 0. The second-order valence-corrected chi connectivity index (χ2v) is 5.36. The standard InChI is InChI=1S/C19H26F2/c1-8-9-10-14(4)15(5)11-12-16(6)17(7)19(21)18(20)13(2)3/h11-12,14H,2,5-10H2,1,3-4H3/b12-11-,19-18-. The van der Waals surface area contributed by atoms with Crippen molar-refractivity contribution in [2.24, 2.45) is 5.92 Å². The molecular formula is C19H26F2. The zero-order chi connectivity index (χ0) is 16.6. The normalized spacial score (nSPS) is 13.8. The lowest BCUT2D eigenvalue weighted by atomic mass is 9.95. The number of unbranched alkanes of at least 4 members (excludes halogenated alkanes) is 1. The number of hydrogen-bond donors (Lipinski definition) is 0. The van der Waals surface area contributed by atoms with Gasteiger partial charge in [0.1, 0.15) is 0 Å². The Labute approximate surface area is 128 Å². The van der Waals surface area contributed by atoms with Crippen molar-refractivity contribution in [1.82, 2.24) is 0 Å². The first-order valence-electron chi connectivity index (χ1n) is 7.18. The van der Waals surface area contributed by atoms with Gasteiger partial charge in [0.2, 0.25) is 0 Å². The lowest BCUT2D eigenvalue weighted by Gasteiger charge is -2.11. The molecule has 0 aromatic rings. The van der Waals surface area contributed by atoms with Gasteiger partial charge in [-0.25, -0.2) is 8.78 Å². The van der Waals surface area contributed by atoms with Crippen molar-refractivity contribution in [2.45, 2.75) is 40.0 Å². The molecule has 0 bridgehead atoms. The lowest BCUT2D eigenvalue weighted by Crippen LogP contribution is -1.96. The minimum absolute atomic E-state index is 0.0306. The highest BCUT2D eigenvalue weighted by Gasteiger charge is 2.12. The Morgan fingerprint density at radius 3 is 2.10 bits per heavy atom. The van der Waals surface area contributed by atoms with Crippen molar-refractivity contribution >= 4 is 0 Å². The van der Waals surface area contributed by atoms with Crippen molar-refractivity contribution in [1.29, 1.82) is 0 Å². The third-order valence-electron chi connectivity index (χ3n) is 3.34. The van der Waals surface area contributed by atoms with Crippen molar-refractivity contribution < 1.29 is 8.78 Å². The van der Waals surface area contributed by atoms with E-state index >= 15 is 0 Å². The van der Waals surface area contributed by atoms with Crippen LogP contribution >= 0.6 is 0 Å². The van der Waals surface area contributed by atoms with Crippen LogP contribution in [-0.4, -0.2) is 0 Å². The van der Waals surface area contributed by atoms with E-state index in [1.54, 1.807) is 12.2 Å². The molecule has 0 aromatic heterocycles. The van der Waals surface area contributed by atoms with Gasteiger partial charge in [0.25, 0.3) is 0 Å². The summed E-state index contributed by atoms with van der Waals surface area (Å²) in [5.74, 6) is -1.64. The maximum absolute atomic E-state index is 13.8. The van der Waals surface area contributed by atoms with Gasteiger partial charge in [0, 0.05) is 5.57 Å². The highest BCUT2D eigenvalue weighted by atomic mass is 19.2. The zero-order valence-electron chi connectivity index (χ0n) is 13.4. The molecule has 0 rings (SSSR count). The SMILES string of the molecule is C=C(/C=C\C(=C)C(C)CCCC)C(=C)/C(F)=C(/F)C(=C)C. The lowest BCUT2D eigenvalue weighted by molar-refractivity contribution is 0.558. The minimum Gasteiger partial charge on any atom is -0.203 e. The Morgan fingerprint density at radius 2 is 1.62 bits per heavy atom. The number of allylic oxidation sites excluding steroid dienone is 8. The molecule has 2 heteroatoms. The molecule has 0 aliphatic rings. The van der Waals surface area contributed by atoms with E-state index in [1.807, 2.05) is 0 Å². The number of rotatable bonds is 9. The number of hydrogen-bond acceptors (Lipinski definition) is 0. The molecule has 0 aliphatic heterocycles. The average molecular weight is 292 g/mol. The van der Waals surface area contributed by atoms with Gasteiger partial charge >= 0.3 is 0 Å². The third-order valence-corrected chi connectivity index (χ3v) is 3.34. The van der Waals surface area contributed by atoms with Gasteiger partial charge in [0.15, 0.2) is 11.7 Å². The van der Waals surface area contributed by atoms with Gasteiger partial charge in [0.05, 0.1) is 0 Å². The van der Waals surface area contributed by atoms with E-state index in [1.165, 1.54) is 6.92 Å². The van der Waals surface area contributed by atoms with Crippen molar-refractivity contribution in [2.75, 3.05) is 0 Å². The summed E-state index contributed by atoms with van der Waals surface area (Å²) in [5.41, 5.74) is 1.23. The van der Waals surface area contributed by atoms with E-state index in [0.717, 1.165) is 24.8 Å². The first-order valence-corrected chi connectivity index (χ1v) is 7.18. The molecule has 0 nitrogen and oxygen atoms in total. The molecule has 0 aliphatic carbocycles. The summed E-state index contributed by atoms with van der Waals surface area (Å²) in [6.07, 6.45) is 6.76. The summed E-state index contributed by atoms with van der Waals surface area (Å²) in [6, 6.07) is 0.